The van der Waals surface area contributed by atoms with Crippen molar-refractivity contribution in [1.29, 1.82) is 0 Å². The minimum absolute atomic E-state index is 0.694. The van der Waals surface area contributed by atoms with Gasteiger partial charge in [-0.3, -0.25) is 0 Å². The average molecular weight is 246 g/mol. The molecule has 1 heterocycles. The van der Waals surface area contributed by atoms with Crippen molar-refractivity contribution in [2.24, 2.45) is 10.2 Å². The topological polar surface area (TPSA) is 40.9 Å². The van der Waals surface area contributed by atoms with E-state index in [1.54, 1.807) is 6.20 Å². The van der Waals surface area contributed by atoms with Crippen LogP contribution in [-0.2, 0) is 0 Å². The first-order valence-corrected chi connectivity index (χ1v) is 6.08. The summed E-state index contributed by atoms with van der Waals surface area (Å²) in [6, 6.07) is 7.92. The molecule has 2 rings (SSSR count). The maximum atomic E-state index is 4.14. The zero-order chi connectivity index (χ0) is 12.3. The number of rotatable bonds is 3. The van der Waals surface area contributed by atoms with Gasteiger partial charge in [-0.1, -0.05) is 11.3 Å². The van der Waals surface area contributed by atoms with Crippen LogP contribution in [0.5, 0.6) is 0 Å². The quantitative estimate of drug-likeness (QED) is 0.770. The Morgan fingerprint density at radius 3 is 2.35 bits per heavy atom. The van der Waals surface area contributed by atoms with Crippen molar-refractivity contribution in [1.82, 2.24) is 4.98 Å². The smallest absolute Gasteiger partial charge is 0.230 e. The third-order valence-electron chi connectivity index (χ3n) is 2.23. The lowest BCUT2D eigenvalue weighted by Gasteiger charge is -2.11. The summed E-state index contributed by atoms with van der Waals surface area (Å²) in [6.45, 7) is 2.00. The minimum Gasteiger partial charge on any atom is -0.378 e. The second-order valence-electron chi connectivity index (χ2n) is 3.86. The Morgan fingerprint density at radius 1 is 1.12 bits per heavy atom. The first-order valence-electron chi connectivity index (χ1n) is 5.27. The molecule has 0 aliphatic rings. The van der Waals surface area contributed by atoms with Crippen LogP contribution in [0.4, 0.5) is 16.5 Å². The van der Waals surface area contributed by atoms with Gasteiger partial charge in [0.15, 0.2) is 0 Å². The average Bonchev–Trinajstić information content (AvgIpc) is 2.73. The molecule has 0 aliphatic carbocycles. The van der Waals surface area contributed by atoms with E-state index in [1.807, 2.05) is 50.2 Å². The van der Waals surface area contributed by atoms with Gasteiger partial charge in [0.25, 0.3) is 0 Å². The zero-order valence-electron chi connectivity index (χ0n) is 10.1. The van der Waals surface area contributed by atoms with Crippen molar-refractivity contribution in [2.75, 3.05) is 19.0 Å². The number of hydrogen-bond acceptors (Lipinski definition) is 5. The summed E-state index contributed by atoms with van der Waals surface area (Å²) in [5.41, 5.74) is 1.98. The number of hydrogen-bond donors (Lipinski definition) is 0. The number of nitrogens with zero attached hydrogens (tertiary/aromatic N) is 4. The fourth-order valence-electron chi connectivity index (χ4n) is 1.31. The molecule has 0 unspecified atom stereocenters. The molecule has 0 spiro atoms. The van der Waals surface area contributed by atoms with Gasteiger partial charge in [0.1, 0.15) is 0 Å². The summed E-state index contributed by atoms with van der Waals surface area (Å²) < 4.78 is 0. The Hall–Kier alpha value is -1.75. The summed E-state index contributed by atoms with van der Waals surface area (Å²) >= 11 is 1.54. The van der Waals surface area contributed by atoms with Crippen molar-refractivity contribution in [3.8, 4) is 0 Å². The molecule has 0 aliphatic heterocycles. The molecule has 2 aromatic rings. The number of aryl methyl sites for hydroxylation is 1. The van der Waals surface area contributed by atoms with Crippen LogP contribution in [0.2, 0.25) is 0 Å². The van der Waals surface area contributed by atoms with Gasteiger partial charge >= 0.3 is 0 Å². The van der Waals surface area contributed by atoms with E-state index in [0.29, 0.717) is 5.13 Å². The van der Waals surface area contributed by atoms with Crippen molar-refractivity contribution in [3.05, 3.63) is 35.3 Å². The summed E-state index contributed by atoms with van der Waals surface area (Å²) in [5, 5.41) is 8.93. The highest BCUT2D eigenvalue weighted by Gasteiger charge is 1.97. The molecule has 4 nitrogen and oxygen atoms in total. The molecule has 5 heteroatoms. The summed E-state index contributed by atoms with van der Waals surface area (Å²) in [6.07, 6.45) is 1.80. The van der Waals surface area contributed by atoms with E-state index in [9.17, 15) is 0 Å². The van der Waals surface area contributed by atoms with Crippen LogP contribution >= 0.6 is 11.3 Å². The molecule has 0 amide bonds. The number of azo groups is 1. The van der Waals surface area contributed by atoms with E-state index in [2.05, 4.69) is 15.2 Å². The second-order valence-corrected chi connectivity index (χ2v) is 5.08. The predicted molar refractivity (Wildman–Crippen MR) is 71.8 cm³/mol. The maximum absolute atomic E-state index is 4.14. The Kier molecular flexibility index (Phi) is 3.49. The summed E-state index contributed by atoms with van der Waals surface area (Å²) in [5.74, 6) is 0. The lowest BCUT2D eigenvalue weighted by Crippen LogP contribution is -2.07. The van der Waals surface area contributed by atoms with Crippen LogP contribution in [0, 0.1) is 6.92 Å². The predicted octanol–water partition coefficient (Wildman–Crippen LogP) is 3.93. The van der Waals surface area contributed by atoms with Gasteiger partial charge in [0, 0.05) is 30.9 Å². The van der Waals surface area contributed by atoms with E-state index >= 15 is 0 Å². The Balaban J connectivity index is 2.11. The fourth-order valence-corrected chi connectivity index (χ4v) is 1.89. The SMILES string of the molecule is Cc1cnc(/N=N/c2ccc(N(C)C)cc2)s1. The highest BCUT2D eigenvalue weighted by molar-refractivity contribution is 7.15. The van der Waals surface area contributed by atoms with Gasteiger partial charge in [-0.15, -0.1) is 10.2 Å². The molecule has 1 aromatic carbocycles. The van der Waals surface area contributed by atoms with Gasteiger partial charge < -0.3 is 4.90 Å². The van der Waals surface area contributed by atoms with Crippen LogP contribution in [0.25, 0.3) is 0 Å². The molecule has 0 atom stereocenters. The summed E-state index contributed by atoms with van der Waals surface area (Å²) in [4.78, 5) is 7.31. The largest absolute Gasteiger partial charge is 0.378 e. The minimum atomic E-state index is 0.694. The Labute approximate surface area is 105 Å². The van der Waals surface area contributed by atoms with E-state index in [-0.39, 0.29) is 0 Å². The number of benzene rings is 1. The van der Waals surface area contributed by atoms with E-state index in [1.165, 1.54) is 11.3 Å². The van der Waals surface area contributed by atoms with E-state index in [4.69, 9.17) is 0 Å². The molecule has 17 heavy (non-hydrogen) atoms. The zero-order valence-corrected chi connectivity index (χ0v) is 10.9. The Bertz CT molecular complexity index is 514. The van der Waals surface area contributed by atoms with Crippen LogP contribution in [0.15, 0.2) is 40.7 Å². The van der Waals surface area contributed by atoms with Gasteiger partial charge in [-0.05, 0) is 31.2 Å². The molecule has 0 bridgehead atoms. The molecular weight excluding hydrogens is 232 g/mol. The fraction of sp³-hybridized carbons (Fsp3) is 0.250. The van der Waals surface area contributed by atoms with Gasteiger partial charge in [0.05, 0.1) is 5.69 Å². The standard InChI is InChI=1S/C12H14N4S/c1-9-8-13-12(17-9)15-14-10-4-6-11(7-5-10)16(2)3/h4-8H,1-3H3/b15-14+. The molecule has 0 saturated heterocycles. The third kappa shape index (κ3) is 3.10. The van der Waals surface area contributed by atoms with Crippen LogP contribution in [0.3, 0.4) is 0 Å². The lowest BCUT2D eigenvalue weighted by molar-refractivity contribution is 1.13. The van der Waals surface area contributed by atoms with Crippen molar-refractivity contribution in [2.45, 2.75) is 6.92 Å². The van der Waals surface area contributed by atoms with Crippen molar-refractivity contribution in [3.63, 3.8) is 0 Å². The van der Waals surface area contributed by atoms with Crippen molar-refractivity contribution >= 4 is 27.8 Å². The summed E-state index contributed by atoms with van der Waals surface area (Å²) in [7, 11) is 4.02. The normalized spacial score (nSPS) is 11.0. The van der Waals surface area contributed by atoms with Crippen LogP contribution < -0.4 is 4.90 Å². The van der Waals surface area contributed by atoms with Gasteiger partial charge in [0.2, 0.25) is 5.13 Å². The monoisotopic (exact) mass is 246 g/mol. The molecular formula is C12H14N4S. The van der Waals surface area contributed by atoms with Gasteiger partial charge in [-0.2, -0.15) is 0 Å². The van der Waals surface area contributed by atoms with E-state index < -0.39 is 0 Å². The molecule has 88 valence electrons. The van der Waals surface area contributed by atoms with E-state index in [0.717, 1.165) is 16.3 Å². The molecule has 0 N–H and O–H groups in total. The number of aromatic nitrogens is 1. The lowest BCUT2D eigenvalue weighted by atomic mass is 10.3. The maximum Gasteiger partial charge on any atom is 0.230 e. The third-order valence-corrected chi connectivity index (χ3v) is 3.02. The van der Waals surface area contributed by atoms with Crippen molar-refractivity contribution < 1.29 is 0 Å². The molecule has 0 radical (unpaired) electrons. The van der Waals surface area contributed by atoms with Gasteiger partial charge in [-0.25, -0.2) is 4.98 Å². The first-order chi connectivity index (χ1) is 8.15. The van der Waals surface area contributed by atoms with Crippen LogP contribution in [-0.4, -0.2) is 19.1 Å². The highest BCUT2D eigenvalue weighted by Crippen LogP contribution is 2.24. The second kappa shape index (κ2) is 5.05. The molecule has 0 fully saturated rings. The molecule has 1 aromatic heterocycles. The number of anilines is 1. The Morgan fingerprint density at radius 2 is 1.82 bits per heavy atom. The number of thiazole rings is 1. The van der Waals surface area contributed by atoms with Crippen LogP contribution in [0.1, 0.15) is 4.88 Å². The molecule has 0 saturated carbocycles. The highest BCUT2D eigenvalue weighted by atomic mass is 32.1. The first kappa shape index (κ1) is 11.7.